The van der Waals surface area contributed by atoms with Gasteiger partial charge in [0, 0.05) is 6.92 Å². The molecule has 3 aromatic carbocycles. The van der Waals surface area contributed by atoms with Crippen LogP contribution in [0.2, 0.25) is 0 Å². The van der Waals surface area contributed by atoms with Gasteiger partial charge in [0.1, 0.15) is 17.7 Å². The lowest BCUT2D eigenvalue weighted by atomic mass is 10.1. The lowest BCUT2D eigenvalue weighted by Gasteiger charge is -2.18. The zero-order valence-electron chi connectivity index (χ0n) is 21.9. The van der Waals surface area contributed by atoms with Gasteiger partial charge in [0.2, 0.25) is 5.91 Å². The lowest BCUT2D eigenvalue weighted by molar-refractivity contribution is 0.0940. The topological polar surface area (TPSA) is 65.6 Å². The molecule has 1 unspecified atom stereocenters. The molecule has 0 aliphatic heterocycles. The van der Waals surface area contributed by atoms with Crippen molar-refractivity contribution in [3.8, 4) is 56.5 Å². The molecule has 5 aromatic rings. The fraction of sp³-hybridized carbons (Fsp3) is 0.156. The summed E-state index contributed by atoms with van der Waals surface area (Å²) in [5.74, 6) is 1.47. The van der Waals surface area contributed by atoms with E-state index < -0.39 is 6.23 Å². The minimum absolute atomic E-state index is 0.0737. The molecule has 1 N–H and O–H groups in total. The highest BCUT2D eigenvalue weighted by atomic mass is 16.5. The van der Waals surface area contributed by atoms with E-state index in [1.165, 1.54) is 0 Å². The van der Waals surface area contributed by atoms with E-state index in [9.17, 15) is 9.90 Å². The van der Waals surface area contributed by atoms with Crippen molar-refractivity contribution < 1.29 is 19.4 Å². The van der Waals surface area contributed by atoms with E-state index >= 15 is 0 Å². The van der Waals surface area contributed by atoms with Crippen LogP contribution in [0.15, 0.2) is 97.1 Å². The number of hydrogen-bond acceptors (Lipinski definition) is 4. The molecule has 6 heteroatoms. The summed E-state index contributed by atoms with van der Waals surface area (Å²) in [6.45, 7) is 3.32. The molecule has 0 saturated heterocycles. The second kappa shape index (κ2) is 10.4. The molecule has 0 bridgehead atoms. The molecule has 192 valence electrons. The average molecular weight is 507 g/mol. The molecule has 1 atom stereocenters. The maximum absolute atomic E-state index is 12.8. The zero-order chi connectivity index (χ0) is 26.8. The Kier molecular flexibility index (Phi) is 6.90. The monoisotopic (exact) mass is 506 g/mol. The second-order valence-corrected chi connectivity index (χ2v) is 9.10. The van der Waals surface area contributed by atoms with E-state index in [0.29, 0.717) is 0 Å². The zero-order valence-corrected chi connectivity index (χ0v) is 21.9. The number of carbonyl (C=O) groups is 1. The SMILES string of the molecule is COc1ccc(-c2ccc(-c3cccc(-c4ccc(-c5ccc(OC)cc5)n4C(C)O)c3)n2C(C)=O)cc1. The number of methoxy groups -OCH3 is 2. The summed E-state index contributed by atoms with van der Waals surface area (Å²) < 4.78 is 14.2. The smallest absolute Gasteiger partial charge is 0.228 e. The summed E-state index contributed by atoms with van der Waals surface area (Å²) in [7, 11) is 3.27. The number of hydrogen-bond donors (Lipinski definition) is 1. The van der Waals surface area contributed by atoms with Crippen LogP contribution in [-0.2, 0) is 0 Å². The molecule has 0 saturated carbocycles. The van der Waals surface area contributed by atoms with Gasteiger partial charge in [0.25, 0.3) is 0 Å². The number of ether oxygens (including phenoxy) is 2. The van der Waals surface area contributed by atoms with Crippen molar-refractivity contribution in [2.24, 2.45) is 0 Å². The van der Waals surface area contributed by atoms with Gasteiger partial charge in [-0.25, -0.2) is 0 Å². The van der Waals surface area contributed by atoms with Crippen molar-refractivity contribution in [1.29, 1.82) is 0 Å². The van der Waals surface area contributed by atoms with Crippen LogP contribution in [0, 0.1) is 0 Å². The van der Waals surface area contributed by atoms with Gasteiger partial charge >= 0.3 is 0 Å². The van der Waals surface area contributed by atoms with Crippen LogP contribution in [0.3, 0.4) is 0 Å². The molecule has 0 spiro atoms. The molecule has 38 heavy (non-hydrogen) atoms. The van der Waals surface area contributed by atoms with Crippen molar-refractivity contribution in [3.63, 3.8) is 0 Å². The molecule has 2 heterocycles. The van der Waals surface area contributed by atoms with E-state index in [2.05, 4.69) is 6.07 Å². The number of aliphatic hydroxyl groups excluding tert-OH is 1. The molecular weight excluding hydrogens is 476 g/mol. The first-order chi connectivity index (χ1) is 18.4. The van der Waals surface area contributed by atoms with E-state index in [1.54, 1.807) is 32.6 Å². The van der Waals surface area contributed by atoms with Crippen molar-refractivity contribution in [2.45, 2.75) is 20.1 Å². The molecular formula is C32H30N2O4. The molecule has 6 nitrogen and oxygen atoms in total. The third-order valence-corrected chi connectivity index (χ3v) is 6.71. The van der Waals surface area contributed by atoms with Crippen molar-refractivity contribution in [3.05, 3.63) is 97.1 Å². The Balaban J connectivity index is 1.58. The van der Waals surface area contributed by atoms with Crippen LogP contribution in [0.4, 0.5) is 0 Å². The van der Waals surface area contributed by atoms with Gasteiger partial charge < -0.3 is 19.1 Å². The summed E-state index contributed by atoms with van der Waals surface area (Å²) in [5, 5.41) is 10.7. The van der Waals surface area contributed by atoms with Crippen LogP contribution in [0.25, 0.3) is 45.0 Å². The molecule has 0 aliphatic carbocycles. The minimum atomic E-state index is -0.747. The van der Waals surface area contributed by atoms with Crippen LogP contribution in [0.5, 0.6) is 11.5 Å². The van der Waals surface area contributed by atoms with Gasteiger partial charge in [-0.05, 0) is 108 Å². The molecule has 0 amide bonds. The first kappa shape index (κ1) is 25.1. The number of carbonyl (C=O) groups excluding carboxylic acids is 1. The van der Waals surface area contributed by atoms with Crippen LogP contribution < -0.4 is 9.47 Å². The van der Waals surface area contributed by atoms with Gasteiger partial charge in [-0.1, -0.05) is 18.2 Å². The quantitative estimate of drug-likeness (QED) is 0.255. The first-order valence-corrected chi connectivity index (χ1v) is 12.4. The van der Waals surface area contributed by atoms with Crippen molar-refractivity contribution in [2.75, 3.05) is 14.2 Å². The lowest BCUT2D eigenvalue weighted by Crippen LogP contribution is -2.09. The fourth-order valence-electron chi connectivity index (χ4n) is 4.91. The summed E-state index contributed by atoms with van der Waals surface area (Å²) in [6, 6.07) is 31.4. The largest absolute Gasteiger partial charge is 0.497 e. The van der Waals surface area contributed by atoms with E-state index in [4.69, 9.17) is 9.47 Å². The summed E-state index contributed by atoms with van der Waals surface area (Å²) >= 11 is 0. The maximum Gasteiger partial charge on any atom is 0.228 e. The van der Waals surface area contributed by atoms with Gasteiger partial charge in [-0.3, -0.25) is 9.36 Å². The van der Waals surface area contributed by atoms with E-state index in [1.807, 2.05) is 95.6 Å². The first-order valence-electron chi connectivity index (χ1n) is 12.4. The van der Waals surface area contributed by atoms with E-state index in [-0.39, 0.29) is 5.91 Å². The molecule has 0 fully saturated rings. The minimum Gasteiger partial charge on any atom is -0.497 e. The second-order valence-electron chi connectivity index (χ2n) is 9.10. The van der Waals surface area contributed by atoms with Gasteiger partial charge in [-0.15, -0.1) is 0 Å². The van der Waals surface area contributed by atoms with Crippen LogP contribution in [0.1, 0.15) is 24.9 Å². The summed E-state index contributed by atoms with van der Waals surface area (Å²) in [4.78, 5) is 12.8. The number of aromatic nitrogens is 2. The highest BCUT2D eigenvalue weighted by molar-refractivity contribution is 5.89. The highest BCUT2D eigenvalue weighted by Crippen LogP contribution is 2.36. The molecule has 0 radical (unpaired) electrons. The highest BCUT2D eigenvalue weighted by Gasteiger charge is 2.18. The fourth-order valence-corrected chi connectivity index (χ4v) is 4.91. The number of aliphatic hydroxyl groups is 1. The van der Waals surface area contributed by atoms with Crippen LogP contribution >= 0.6 is 0 Å². The Labute approximate surface area is 222 Å². The number of benzene rings is 3. The summed E-state index contributed by atoms with van der Waals surface area (Å²) in [6.07, 6.45) is -0.747. The maximum atomic E-state index is 12.8. The Morgan fingerprint density at radius 1 is 0.658 bits per heavy atom. The Bertz CT molecular complexity index is 1580. The van der Waals surface area contributed by atoms with Crippen molar-refractivity contribution >= 4 is 5.91 Å². The normalized spacial score (nSPS) is 11.8. The van der Waals surface area contributed by atoms with E-state index in [0.717, 1.165) is 56.5 Å². The Morgan fingerprint density at radius 3 is 1.55 bits per heavy atom. The standard InChI is InChI=1S/C32H30N2O4/c1-21(35)33-29(23-8-12-27(37-3)13-9-23)16-18-31(33)25-6-5-7-26(20-25)32-19-17-30(34(32)22(2)36)24-10-14-28(38-4)15-11-24/h5-21,35H,1-4H3. The van der Waals surface area contributed by atoms with Gasteiger partial charge in [0.15, 0.2) is 0 Å². The predicted molar refractivity (Wildman–Crippen MR) is 151 cm³/mol. The van der Waals surface area contributed by atoms with Crippen molar-refractivity contribution in [1.82, 2.24) is 9.13 Å². The predicted octanol–water partition coefficient (Wildman–Crippen LogP) is 7.15. The molecule has 2 aromatic heterocycles. The number of nitrogens with zero attached hydrogens (tertiary/aromatic N) is 2. The molecule has 0 aliphatic rings. The third-order valence-electron chi connectivity index (χ3n) is 6.71. The third kappa shape index (κ3) is 4.62. The average Bonchev–Trinajstić information content (AvgIpc) is 3.59. The summed E-state index contributed by atoms with van der Waals surface area (Å²) in [5.41, 5.74) is 7.14. The van der Waals surface area contributed by atoms with Gasteiger partial charge in [0.05, 0.1) is 37.0 Å². The number of rotatable bonds is 7. The molecule has 5 rings (SSSR count). The Morgan fingerprint density at radius 2 is 1.08 bits per heavy atom. The Hall–Kier alpha value is -4.55. The van der Waals surface area contributed by atoms with Crippen LogP contribution in [-0.4, -0.2) is 34.4 Å². The van der Waals surface area contributed by atoms with Gasteiger partial charge in [-0.2, -0.15) is 0 Å².